The molecule has 2 aliphatic rings. The molecule has 1 aliphatic carbocycles. The normalized spacial score (nSPS) is 26.7. The number of carbonyl (C=O) groups excluding carboxylic acids is 1. The number of nitrogens with zero attached hydrogens (tertiary/aromatic N) is 2. The van der Waals surface area contributed by atoms with E-state index in [4.69, 9.17) is 9.47 Å². The molecule has 6 heteroatoms. The first-order chi connectivity index (χ1) is 14.1. The van der Waals surface area contributed by atoms with Crippen LogP contribution < -0.4 is 4.74 Å². The van der Waals surface area contributed by atoms with Gasteiger partial charge in [-0.3, -0.25) is 4.98 Å². The predicted molar refractivity (Wildman–Crippen MR) is 109 cm³/mol. The molecule has 1 aromatic carbocycles. The van der Waals surface area contributed by atoms with Crippen molar-refractivity contribution in [2.45, 2.75) is 31.5 Å². The molecule has 1 aromatic heterocycles. The molecule has 4 rings (SSSR count). The summed E-state index contributed by atoms with van der Waals surface area (Å²) in [5, 5.41) is 10.6. The zero-order chi connectivity index (χ0) is 20.2. The summed E-state index contributed by atoms with van der Waals surface area (Å²) in [5.41, 5.74) is 1.75. The lowest BCUT2D eigenvalue weighted by atomic mass is 9.78. The summed E-state index contributed by atoms with van der Waals surface area (Å²) in [5.74, 6) is 1.38. The van der Waals surface area contributed by atoms with Gasteiger partial charge in [0.25, 0.3) is 0 Å². The van der Waals surface area contributed by atoms with E-state index in [0.29, 0.717) is 23.1 Å². The van der Waals surface area contributed by atoms with Crippen molar-refractivity contribution in [3.63, 3.8) is 0 Å². The maximum Gasteiger partial charge on any atom is 0.337 e. The number of ether oxygens (including phenoxy) is 2. The Kier molecular flexibility index (Phi) is 6.11. The zero-order valence-electron chi connectivity index (χ0n) is 16.7. The monoisotopic (exact) mass is 396 g/mol. The summed E-state index contributed by atoms with van der Waals surface area (Å²) in [7, 11) is 1.36. The number of likely N-dealkylation sites (tertiary alicyclic amines) is 1. The van der Waals surface area contributed by atoms with E-state index in [1.165, 1.54) is 12.7 Å². The molecule has 0 amide bonds. The van der Waals surface area contributed by atoms with Crippen LogP contribution in [0.3, 0.4) is 0 Å². The smallest absolute Gasteiger partial charge is 0.337 e. The largest absolute Gasteiger partial charge is 0.488 e. The number of benzene rings is 1. The van der Waals surface area contributed by atoms with Crippen molar-refractivity contribution in [1.29, 1.82) is 0 Å². The van der Waals surface area contributed by atoms with Gasteiger partial charge in [0.2, 0.25) is 0 Å². The van der Waals surface area contributed by atoms with Crippen molar-refractivity contribution >= 4 is 5.97 Å². The number of carbonyl (C=O) groups is 1. The van der Waals surface area contributed by atoms with Gasteiger partial charge >= 0.3 is 5.97 Å². The molecule has 4 atom stereocenters. The number of esters is 1. The second kappa shape index (κ2) is 8.93. The number of aromatic nitrogens is 1. The Labute approximate surface area is 171 Å². The minimum Gasteiger partial charge on any atom is -0.488 e. The minimum absolute atomic E-state index is 0.210. The molecule has 0 radical (unpaired) electrons. The molecule has 0 spiro atoms. The van der Waals surface area contributed by atoms with Crippen molar-refractivity contribution < 1.29 is 19.4 Å². The molecule has 2 fully saturated rings. The molecule has 29 heavy (non-hydrogen) atoms. The van der Waals surface area contributed by atoms with Gasteiger partial charge in [0.15, 0.2) is 0 Å². The summed E-state index contributed by atoms with van der Waals surface area (Å²) < 4.78 is 10.8. The summed E-state index contributed by atoms with van der Waals surface area (Å²) in [6.45, 7) is 3.12. The molecule has 2 heterocycles. The molecule has 1 N–H and O–H groups in total. The first-order valence-corrected chi connectivity index (χ1v) is 10.3. The third-order valence-electron chi connectivity index (χ3n) is 6.16. The van der Waals surface area contributed by atoms with Crippen molar-refractivity contribution in [2.24, 2.45) is 11.8 Å². The number of fused-ring (bicyclic) bond motifs is 1. The third-order valence-corrected chi connectivity index (χ3v) is 6.16. The van der Waals surface area contributed by atoms with Gasteiger partial charge in [-0.05, 0) is 67.0 Å². The van der Waals surface area contributed by atoms with Crippen LogP contribution in [0.1, 0.15) is 28.8 Å². The summed E-state index contributed by atoms with van der Waals surface area (Å²) in [6.07, 6.45) is 5.70. The molecule has 0 unspecified atom stereocenters. The van der Waals surface area contributed by atoms with Gasteiger partial charge in [0, 0.05) is 32.0 Å². The van der Waals surface area contributed by atoms with Gasteiger partial charge < -0.3 is 19.5 Å². The molecular formula is C23H28N2O4. The third kappa shape index (κ3) is 4.77. The minimum atomic E-state index is -0.463. The predicted octanol–water partition coefficient (Wildman–Crippen LogP) is 2.56. The second-order valence-electron chi connectivity index (χ2n) is 8.10. The van der Waals surface area contributed by atoms with Crippen LogP contribution in [0.2, 0.25) is 0 Å². The lowest BCUT2D eigenvalue weighted by Crippen LogP contribution is -2.42. The molecule has 154 valence electrons. The summed E-state index contributed by atoms with van der Waals surface area (Å²) in [6, 6.07) is 11.0. The number of rotatable bonds is 6. The van der Waals surface area contributed by atoms with Gasteiger partial charge in [-0.25, -0.2) is 4.79 Å². The van der Waals surface area contributed by atoms with Gasteiger partial charge in [-0.2, -0.15) is 0 Å². The van der Waals surface area contributed by atoms with Crippen molar-refractivity contribution in [1.82, 2.24) is 9.88 Å². The van der Waals surface area contributed by atoms with E-state index in [2.05, 4.69) is 16.0 Å². The molecule has 0 bridgehead atoms. The van der Waals surface area contributed by atoms with Crippen molar-refractivity contribution in [3.8, 4) is 5.75 Å². The van der Waals surface area contributed by atoms with Crippen molar-refractivity contribution in [2.75, 3.05) is 26.7 Å². The van der Waals surface area contributed by atoms with Crippen LogP contribution >= 0.6 is 0 Å². The van der Waals surface area contributed by atoms with Crippen LogP contribution in [0.25, 0.3) is 0 Å². The number of hydrogen-bond acceptors (Lipinski definition) is 6. The van der Waals surface area contributed by atoms with Crippen LogP contribution in [-0.4, -0.2) is 59.9 Å². The Morgan fingerprint density at radius 1 is 1.17 bits per heavy atom. The maximum absolute atomic E-state index is 11.6. The van der Waals surface area contributed by atoms with Gasteiger partial charge in [-0.1, -0.05) is 6.07 Å². The highest BCUT2D eigenvalue weighted by Crippen LogP contribution is 2.38. The van der Waals surface area contributed by atoms with E-state index in [0.717, 1.165) is 38.9 Å². The first kappa shape index (κ1) is 19.9. The van der Waals surface area contributed by atoms with Gasteiger partial charge in [0.05, 0.1) is 18.8 Å². The molecule has 2 aromatic rings. The average molecular weight is 396 g/mol. The van der Waals surface area contributed by atoms with E-state index in [-0.39, 0.29) is 12.1 Å². The van der Waals surface area contributed by atoms with E-state index in [1.54, 1.807) is 30.5 Å². The number of hydrogen-bond donors (Lipinski definition) is 1. The molecule has 1 saturated heterocycles. The van der Waals surface area contributed by atoms with Crippen LogP contribution in [0, 0.1) is 11.8 Å². The fraction of sp³-hybridized carbons (Fsp3) is 0.478. The zero-order valence-corrected chi connectivity index (χ0v) is 16.7. The van der Waals surface area contributed by atoms with E-state index >= 15 is 0 Å². The number of aliphatic hydroxyl groups excluding tert-OH is 1. The quantitative estimate of drug-likeness (QED) is 0.757. The maximum atomic E-state index is 11.6. The fourth-order valence-electron chi connectivity index (χ4n) is 4.59. The van der Waals surface area contributed by atoms with Gasteiger partial charge in [0.1, 0.15) is 11.9 Å². The number of aliphatic hydroxyl groups is 1. The lowest BCUT2D eigenvalue weighted by Gasteiger charge is -2.35. The Balaban J connectivity index is 1.31. The highest BCUT2D eigenvalue weighted by molar-refractivity contribution is 5.89. The average Bonchev–Trinajstić information content (AvgIpc) is 3.14. The van der Waals surface area contributed by atoms with Crippen LogP contribution in [0.4, 0.5) is 0 Å². The molecule has 1 aliphatic heterocycles. The molecule has 6 nitrogen and oxygen atoms in total. The Bertz CT molecular complexity index is 811. The summed E-state index contributed by atoms with van der Waals surface area (Å²) in [4.78, 5) is 18.2. The Morgan fingerprint density at radius 2 is 1.93 bits per heavy atom. The van der Waals surface area contributed by atoms with E-state index < -0.39 is 6.10 Å². The van der Waals surface area contributed by atoms with E-state index in [1.807, 2.05) is 12.3 Å². The Morgan fingerprint density at radius 3 is 2.62 bits per heavy atom. The molecular weight excluding hydrogens is 368 g/mol. The van der Waals surface area contributed by atoms with Crippen LogP contribution in [0.15, 0.2) is 48.8 Å². The SMILES string of the molecule is COC(=O)c1ccc(O[C@@H]2C[C@@H]3CN(CCc4cccnc4)C[C@@H]3C[C@H]2O)cc1. The highest BCUT2D eigenvalue weighted by atomic mass is 16.5. The second-order valence-corrected chi connectivity index (χ2v) is 8.10. The number of pyridine rings is 1. The summed E-state index contributed by atoms with van der Waals surface area (Å²) >= 11 is 0. The standard InChI is InChI=1S/C23H28N2O4/c1-28-23(27)17-4-6-20(7-5-17)29-22-12-19-15-25(14-18(19)11-21(22)26)10-8-16-3-2-9-24-13-16/h2-7,9,13,18-19,21-22,26H,8,10-12,14-15H2,1H3/t18-,19+,21+,22+/m0/s1. The van der Waals surface area contributed by atoms with Crippen molar-refractivity contribution in [3.05, 3.63) is 59.9 Å². The lowest BCUT2D eigenvalue weighted by molar-refractivity contribution is -0.0231. The van der Waals surface area contributed by atoms with Crippen LogP contribution in [0.5, 0.6) is 5.75 Å². The topological polar surface area (TPSA) is 71.9 Å². The highest BCUT2D eigenvalue weighted by Gasteiger charge is 2.42. The molecule has 1 saturated carbocycles. The van der Waals surface area contributed by atoms with E-state index in [9.17, 15) is 9.90 Å². The van der Waals surface area contributed by atoms with Crippen LogP contribution in [-0.2, 0) is 11.2 Å². The van der Waals surface area contributed by atoms with Gasteiger partial charge in [-0.15, -0.1) is 0 Å². The first-order valence-electron chi connectivity index (χ1n) is 10.3. The Hall–Kier alpha value is -2.44. The fourth-order valence-corrected chi connectivity index (χ4v) is 4.59. The number of methoxy groups -OCH3 is 1.